The van der Waals surface area contributed by atoms with Crippen LogP contribution >= 0.6 is 28.1 Å². The Morgan fingerprint density at radius 3 is 2.94 bits per heavy atom. The minimum Gasteiger partial charge on any atom is -0.340 e. The van der Waals surface area contributed by atoms with Crippen molar-refractivity contribution in [2.24, 2.45) is 0 Å². The highest BCUT2D eigenvalue weighted by molar-refractivity contribution is 9.10. The first kappa shape index (κ1) is 11.5. The van der Waals surface area contributed by atoms with Gasteiger partial charge < -0.3 is 10.4 Å². The number of nitrogens with one attached hydrogen (secondary N) is 1. The number of aromatic nitrogens is 4. The third-order valence-electron chi connectivity index (χ3n) is 2.82. The average molecular weight is 324 g/mol. The van der Waals surface area contributed by atoms with E-state index in [4.69, 9.17) is 18.1 Å². The highest BCUT2D eigenvalue weighted by Gasteiger charge is 2.07. The van der Waals surface area contributed by atoms with Crippen LogP contribution in [0.5, 0.6) is 0 Å². The fraction of sp³-hybridized carbons (Fsp3) is 0.0909. The lowest BCUT2D eigenvalue weighted by atomic mass is 10.2. The van der Waals surface area contributed by atoms with Gasteiger partial charge in [0.05, 0.1) is 6.54 Å². The number of nitrogens with zero attached hydrogens (tertiary/aromatic N) is 3. The van der Waals surface area contributed by atoms with E-state index in [1.807, 2.05) is 12.3 Å². The Morgan fingerprint density at radius 2 is 2.22 bits per heavy atom. The number of aromatic amines is 1. The zero-order valence-electron chi connectivity index (χ0n) is 9.30. The fourth-order valence-electron chi connectivity index (χ4n) is 1.91. The predicted octanol–water partition coefficient (Wildman–Crippen LogP) is 2.42. The Hall–Kier alpha value is -1.60. The van der Waals surface area contributed by atoms with Gasteiger partial charge in [-0.15, -0.1) is 0 Å². The smallest absolute Gasteiger partial charge is 0.214 e. The van der Waals surface area contributed by atoms with Crippen LogP contribution in [0.4, 0.5) is 0 Å². The number of H-pyrrole nitrogens is 1. The van der Waals surface area contributed by atoms with E-state index in [1.165, 1.54) is 10.1 Å². The normalized spacial score (nSPS) is 11.2. The second-order valence-corrected chi connectivity index (χ2v) is 5.26. The van der Waals surface area contributed by atoms with E-state index in [9.17, 15) is 0 Å². The minimum atomic E-state index is 0.421. The molecule has 3 rings (SSSR count). The molecule has 0 aliphatic carbocycles. The van der Waals surface area contributed by atoms with E-state index in [2.05, 4.69) is 48.9 Å². The molecule has 0 atom stereocenters. The molecule has 1 aromatic carbocycles. The molecule has 0 aliphatic rings. The van der Waals surface area contributed by atoms with Crippen LogP contribution in [0, 0.1) is 4.77 Å². The molecule has 0 saturated carbocycles. The summed E-state index contributed by atoms with van der Waals surface area (Å²) in [7, 11) is 0. The highest BCUT2D eigenvalue weighted by atomic mass is 79.9. The second kappa shape index (κ2) is 4.25. The summed E-state index contributed by atoms with van der Waals surface area (Å²) in [6.45, 7) is 0.578. The number of nitrogens with two attached hydrogens (primary N) is 1. The maximum atomic E-state index is 5.79. The maximum Gasteiger partial charge on any atom is 0.214 e. The van der Waals surface area contributed by atoms with Crippen molar-refractivity contribution in [3.63, 3.8) is 0 Å². The largest absolute Gasteiger partial charge is 0.340 e. The number of rotatable bonds is 2. The number of fused-ring (bicyclic) bond motifs is 1. The summed E-state index contributed by atoms with van der Waals surface area (Å²) >= 11 is 8.45. The molecule has 18 heavy (non-hydrogen) atoms. The van der Waals surface area contributed by atoms with Gasteiger partial charge in [-0.25, -0.2) is 4.68 Å². The summed E-state index contributed by atoms with van der Waals surface area (Å²) < 4.78 is 4.95. The van der Waals surface area contributed by atoms with Crippen molar-refractivity contribution in [1.29, 1.82) is 0 Å². The predicted molar refractivity (Wildman–Crippen MR) is 76.3 cm³/mol. The number of hydrogen-bond acceptors (Lipinski definition) is 3. The molecule has 0 unspecified atom stereocenters. The lowest BCUT2D eigenvalue weighted by Gasteiger charge is -2.04. The van der Waals surface area contributed by atoms with Gasteiger partial charge in [0.1, 0.15) is 0 Å². The van der Waals surface area contributed by atoms with Crippen molar-refractivity contribution in [3.8, 4) is 0 Å². The Bertz CT molecular complexity index is 769. The van der Waals surface area contributed by atoms with Crippen molar-refractivity contribution < 1.29 is 0 Å². The van der Waals surface area contributed by atoms with E-state index in [-0.39, 0.29) is 0 Å². The zero-order valence-corrected chi connectivity index (χ0v) is 11.7. The molecule has 3 N–H and O–H groups in total. The van der Waals surface area contributed by atoms with E-state index < -0.39 is 0 Å². The van der Waals surface area contributed by atoms with Crippen LogP contribution in [0.3, 0.4) is 0 Å². The first-order valence-electron chi connectivity index (χ1n) is 5.31. The van der Waals surface area contributed by atoms with Crippen molar-refractivity contribution >= 4 is 39.1 Å². The molecule has 0 radical (unpaired) electrons. The summed E-state index contributed by atoms with van der Waals surface area (Å²) in [6, 6.07) is 8.20. The molecular formula is C11H10BrN5S. The monoisotopic (exact) mass is 323 g/mol. The molecule has 0 spiro atoms. The molecular weight excluding hydrogens is 314 g/mol. The molecule has 0 bridgehead atoms. The molecule has 92 valence electrons. The van der Waals surface area contributed by atoms with Crippen LogP contribution in [0.2, 0.25) is 0 Å². The van der Waals surface area contributed by atoms with E-state index >= 15 is 0 Å². The topological polar surface area (TPSA) is 64.6 Å². The number of halogens is 1. The van der Waals surface area contributed by atoms with Gasteiger partial charge in [0.25, 0.3) is 0 Å². The molecule has 0 aliphatic heterocycles. The lowest BCUT2D eigenvalue weighted by molar-refractivity contribution is 0.735. The maximum absolute atomic E-state index is 5.79. The van der Waals surface area contributed by atoms with Crippen molar-refractivity contribution in [2.45, 2.75) is 6.54 Å². The summed E-state index contributed by atoms with van der Waals surface area (Å²) in [5.74, 6) is 6.48. The second-order valence-electron chi connectivity index (χ2n) is 3.96. The van der Waals surface area contributed by atoms with Crippen molar-refractivity contribution in [1.82, 2.24) is 19.4 Å². The lowest BCUT2D eigenvalue weighted by Crippen LogP contribution is -2.15. The molecule has 0 fully saturated rings. The molecule has 0 saturated heterocycles. The molecule has 3 aromatic rings. The summed E-state index contributed by atoms with van der Waals surface area (Å²) in [6.07, 6.45) is 2.01. The van der Waals surface area contributed by atoms with E-state index in [1.54, 1.807) is 0 Å². The first-order valence-corrected chi connectivity index (χ1v) is 6.51. The van der Waals surface area contributed by atoms with Gasteiger partial charge in [0.15, 0.2) is 5.82 Å². The van der Waals surface area contributed by atoms with Gasteiger partial charge in [-0.1, -0.05) is 15.9 Å². The SMILES string of the molecule is Nn1c(Cn2ccc3cc(Br)ccc32)n[nH]c1=S. The fourth-order valence-corrected chi connectivity index (χ4v) is 2.44. The zero-order chi connectivity index (χ0) is 12.7. The molecule has 0 amide bonds. The van der Waals surface area contributed by atoms with Crippen LogP contribution in [0.15, 0.2) is 34.9 Å². The number of hydrogen-bond donors (Lipinski definition) is 2. The minimum absolute atomic E-state index is 0.421. The van der Waals surface area contributed by atoms with Gasteiger partial charge in [-0.2, -0.15) is 5.10 Å². The van der Waals surface area contributed by atoms with Gasteiger partial charge >= 0.3 is 0 Å². The van der Waals surface area contributed by atoms with Crippen LogP contribution in [-0.4, -0.2) is 19.4 Å². The quantitative estimate of drug-likeness (QED) is 0.562. The third kappa shape index (κ3) is 1.85. The van der Waals surface area contributed by atoms with Crippen LogP contribution < -0.4 is 5.84 Å². The Morgan fingerprint density at radius 1 is 1.39 bits per heavy atom. The first-order chi connectivity index (χ1) is 8.65. The average Bonchev–Trinajstić information content (AvgIpc) is 2.88. The van der Waals surface area contributed by atoms with Crippen LogP contribution in [-0.2, 0) is 6.54 Å². The molecule has 2 aromatic heterocycles. The Kier molecular flexibility index (Phi) is 2.71. The van der Waals surface area contributed by atoms with Crippen LogP contribution in [0.1, 0.15) is 5.82 Å². The number of nitrogen functional groups attached to an aromatic ring is 1. The Labute approximate surface area is 116 Å². The standard InChI is InChI=1S/C11H10BrN5S/c12-8-1-2-9-7(5-8)3-4-16(9)6-10-14-15-11(18)17(10)13/h1-5H,6,13H2,(H,15,18). The highest BCUT2D eigenvalue weighted by Crippen LogP contribution is 2.21. The summed E-state index contributed by atoms with van der Waals surface area (Å²) in [5.41, 5.74) is 1.13. The van der Waals surface area contributed by atoms with Crippen LogP contribution in [0.25, 0.3) is 10.9 Å². The van der Waals surface area contributed by atoms with Gasteiger partial charge in [0, 0.05) is 21.6 Å². The Balaban J connectivity index is 2.05. The van der Waals surface area contributed by atoms with Gasteiger partial charge in [-0.05, 0) is 36.5 Å². The van der Waals surface area contributed by atoms with Gasteiger partial charge in [-0.3, -0.25) is 5.10 Å². The van der Waals surface area contributed by atoms with Crippen molar-refractivity contribution in [2.75, 3.05) is 5.84 Å². The summed E-state index contributed by atoms with van der Waals surface area (Å²) in [4.78, 5) is 0. The van der Waals surface area contributed by atoms with Gasteiger partial charge in [0.2, 0.25) is 4.77 Å². The number of benzene rings is 1. The molecule has 2 heterocycles. The summed E-state index contributed by atoms with van der Waals surface area (Å²) in [5, 5.41) is 7.95. The molecule has 7 heteroatoms. The molecule has 5 nitrogen and oxygen atoms in total. The van der Waals surface area contributed by atoms with E-state index in [0.717, 1.165) is 9.99 Å². The third-order valence-corrected chi connectivity index (χ3v) is 3.60. The van der Waals surface area contributed by atoms with E-state index in [0.29, 0.717) is 17.1 Å². The van der Waals surface area contributed by atoms with Crippen molar-refractivity contribution in [3.05, 3.63) is 45.5 Å².